The number of benzene rings is 2. The fourth-order valence-electron chi connectivity index (χ4n) is 2.20. The van der Waals surface area contributed by atoms with Gasteiger partial charge < -0.3 is 15.2 Å². The Morgan fingerprint density at radius 3 is 2.70 bits per heavy atom. The topological polar surface area (TPSA) is 41.5 Å². The maximum Gasteiger partial charge on any atom is 0.131 e. The van der Waals surface area contributed by atoms with Gasteiger partial charge in [-0.2, -0.15) is 0 Å². The number of unbranched alkanes of at least 4 members (excludes halogenated alkanes) is 1. The Labute approximate surface area is 141 Å². The van der Waals surface area contributed by atoms with Crippen molar-refractivity contribution in [2.24, 2.45) is 0 Å². The standard InChI is InChI=1S/C18H21ClFNO2/c19-16-7-5-8-17(20)15(16)13-23-18-9-2-1-6-14(18)12-21-10-3-4-11-22/h1-2,5-9,21-22H,3-4,10-13H2. The molecule has 23 heavy (non-hydrogen) atoms. The van der Waals surface area contributed by atoms with Gasteiger partial charge >= 0.3 is 0 Å². The van der Waals surface area contributed by atoms with E-state index in [2.05, 4.69) is 5.32 Å². The second kappa shape index (κ2) is 9.50. The van der Waals surface area contributed by atoms with Gasteiger partial charge in [0.2, 0.25) is 0 Å². The third-order valence-electron chi connectivity index (χ3n) is 3.48. The number of hydrogen-bond donors (Lipinski definition) is 2. The van der Waals surface area contributed by atoms with Gasteiger partial charge in [-0.05, 0) is 37.6 Å². The second-order valence-electron chi connectivity index (χ2n) is 5.20. The third kappa shape index (κ3) is 5.50. The van der Waals surface area contributed by atoms with Crippen LogP contribution >= 0.6 is 11.6 Å². The zero-order valence-corrected chi connectivity index (χ0v) is 13.7. The molecule has 2 N–H and O–H groups in total. The molecule has 3 nitrogen and oxygen atoms in total. The molecule has 0 saturated carbocycles. The molecule has 0 aliphatic carbocycles. The summed E-state index contributed by atoms with van der Waals surface area (Å²) in [4.78, 5) is 0. The Hall–Kier alpha value is -1.62. The van der Waals surface area contributed by atoms with Crippen LogP contribution < -0.4 is 10.1 Å². The van der Waals surface area contributed by atoms with Gasteiger partial charge in [0.25, 0.3) is 0 Å². The number of rotatable bonds is 9. The summed E-state index contributed by atoms with van der Waals surface area (Å²) in [6.45, 7) is 1.79. The molecule has 0 spiro atoms. The van der Waals surface area contributed by atoms with Crippen molar-refractivity contribution in [3.63, 3.8) is 0 Å². The molecule has 2 aromatic carbocycles. The predicted molar refractivity (Wildman–Crippen MR) is 90.2 cm³/mol. The Bertz CT molecular complexity index is 601. The van der Waals surface area contributed by atoms with Gasteiger partial charge in [0, 0.05) is 24.3 Å². The minimum Gasteiger partial charge on any atom is -0.488 e. The van der Waals surface area contributed by atoms with Gasteiger partial charge in [0.1, 0.15) is 18.2 Å². The van der Waals surface area contributed by atoms with Gasteiger partial charge in [-0.1, -0.05) is 35.9 Å². The Morgan fingerprint density at radius 1 is 1.09 bits per heavy atom. The van der Waals surface area contributed by atoms with Gasteiger partial charge in [0.05, 0.1) is 5.02 Å². The number of aliphatic hydroxyl groups excluding tert-OH is 1. The summed E-state index contributed by atoms with van der Waals surface area (Å²) in [5.74, 6) is 0.346. The van der Waals surface area contributed by atoms with Gasteiger partial charge in [-0.25, -0.2) is 4.39 Å². The quantitative estimate of drug-likeness (QED) is 0.681. The molecule has 124 valence electrons. The molecule has 0 heterocycles. The molecule has 0 atom stereocenters. The van der Waals surface area contributed by atoms with Crippen LogP contribution in [0.4, 0.5) is 4.39 Å². The highest BCUT2D eigenvalue weighted by atomic mass is 35.5. The minimum absolute atomic E-state index is 0.0903. The summed E-state index contributed by atoms with van der Waals surface area (Å²) in [6, 6.07) is 12.3. The fraction of sp³-hybridized carbons (Fsp3) is 0.333. The van der Waals surface area contributed by atoms with E-state index in [0.717, 1.165) is 24.9 Å². The highest BCUT2D eigenvalue weighted by Crippen LogP contribution is 2.23. The maximum atomic E-state index is 13.8. The fourth-order valence-corrected chi connectivity index (χ4v) is 2.41. The van der Waals surface area contributed by atoms with Crippen LogP contribution in [-0.4, -0.2) is 18.3 Å². The Morgan fingerprint density at radius 2 is 1.91 bits per heavy atom. The highest BCUT2D eigenvalue weighted by molar-refractivity contribution is 6.31. The minimum atomic E-state index is -0.364. The molecule has 0 saturated heterocycles. The number of para-hydroxylation sites is 1. The molecular formula is C18H21ClFNO2. The van der Waals surface area contributed by atoms with Crippen molar-refractivity contribution >= 4 is 11.6 Å². The van der Waals surface area contributed by atoms with E-state index < -0.39 is 0 Å². The maximum absolute atomic E-state index is 13.8. The molecule has 0 aliphatic heterocycles. The molecule has 0 radical (unpaired) electrons. The summed E-state index contributed by atoms with van der Waals surface area (Å²) < 4.78 is 19.5. The van der Waals surface area contributed by atoms with Crippen molar-refractivity contribution < 1.29 is 14.2 Å². The van der Waals surface area contributed by atoms with Crippen LogP contribution in [-0.2, 0) is 13.2 Å². The molecule has 0 bridgehead atoms. The number of hydrogen-bond acceptors (Lipinski definition) is 3. The Balaban J connectivity index is 1.95. The SMILES string of the molecule is OCCCCNCc1ccccc1OCc1c(F)cccc1Cl. The number of halogens is 2. The zero-order valence-electron chi connectivity index (χ0n) is 12.9. The first-order valence-electron chi connectivity index (χ1n) is 7.67. The van der Waals surface area contributed by atoms with Crippen LogP contribution in [0.3, 0.4) is 0 Å². The van der Waals surface area contributed by atoms with E-state index in [9.17, 15) is 4.39 Å². The lowest BCUT2D eigenvalue weighted by atomic mass is 10.2. The predicted octanol–water partition coefficient (Wildman–Crippen LogP) is 3.92. The molecular weight excluding hydrogens is 317 g/mol. The van der Waals surface area contributed by atoms with Crippen molar-refractivity contribution in [1.82, 2.24) is 5.32 Å². The van der Waals surface area contributed by atoms with Crippen LogP contribution in [0.5, 0.6) is 5.75 Å². The molecule has 0 fully saturated rings. The first kappa shape index (κ1) is 17.7. The average molecular weight is 338 g/mol. The van der Waals surface area contributed by atoms with E-state index >= 15 is 0 Å². The summed E-state index contributed by atoms with van der Waals surface area (Å²) in [6.07, 6.45) is 1.71. The summed E-state index contributed by atoms with van der Waals surface area (Å²) >= 11 is 6.01. The first-order chi connectivity index (χ1) is 11.2. The van der Waals surface area contributed by atoms with E-state index in [0.29, 0.717) is 22.9 Å². The van der Waals surface area contributed by atoms with Crippen molar-refractivity contribution in [3.8, 4) is 5.75 Å². The van der Waals surface area contributed by atoms with Gasteiger partial charge in [0.15, 0.2) is 0 Å². The van der Waals surface area contributed by atoms with E-state index in [1.54, 1.807) is 12.1 Å². The molecule has 2 aromatic rings. The van der Waals surface area contributed by atoms with E-state index in [1.165, 1.54) is 6.07 Å². The molecule has 0 amide bonds. The van der Waals surface area contributed by atoms with Gasteiger partial charge in [-0.3, -0.25) is 0 Å². The van der Waals surface area contributed by atoms with Crippen LogP contribution in [0.2, 0.25) is 5.02 Å². The van der Waals surface area contributed by atoms with Crippen LogP contribution in [0.1, 0.15) is 24.0 Å². The van der Waals surface area contributed by atoms with Crippen molar-refractivity contribution in [1.29, 1.82) is 0 Å². The highest BCUT2D eigenvalue weighted by Gasteiger charge is 2.09. The second-order valence-corrected chi connectivity index (χ2v) is 5.61. The molecule has 2 rings (SSSR count). The van der Waals surface area contributed by atoms with E-state index in [-0.39, 0.29) is 19.0 Å². The monoisotopic (exact) mass is 337 g/mol. The molecule has 5 heteroatoms. The third-order valence-corrected chi connectivity index (χ3v) is 3.84. The Kier molecular flexibility index (Phi) is 7.33. The van der Waals surface area contributed by atoms with Crippen LogP contribution in [0, 0.1) is 5.82 Å². The lowest BCUT2D eigenvalue weighted by Gasteiger charge is -2.13. The average Bonchev–Trinajstić information content (AvgIpc) is 2.55. The molecule has 0 aromatic heterocycles. The number of ether oxygens (including phenoxy) is 1. The van der Waals surface area contributed by atoms with Crippen molar-refractivity contribution in [2.45, 2.75) is 26.0 Å². The normalized spacial score (nSPS) is 10.7. The summed E-state index contributed by atoms with van der Waals surface area (Å²) in [5.41, 5.74) is 1.36. The van der Waals surface area contributed by atoms with E-state index in [4.69, 9.17) is 21.4 Å². The van der Waals surface area contributed by atoms with Crippen LogP contribution in [0.15, 0.2) is 42.5 Å². The zero-order chi connectivity index (χ0) is 16.5. The smallest absolute Gasteiger partial charge is 0.131 e. The van der Waals surface area contributed by atoms with Gasteiger partial charge in [-0.15, -0.1) is 0 Å². The summed E-state index contributed by atoms with van der Waals surface area (Å²) in [5, 5.41) is 12.4. The first-order valence-corrected chi connectivity index (χ1v) is 8.05. The number of aliphatic hydroxyl groups is 1. The lowest BCUT2D eigenvalue weighted by Crippen LogP contribution is -2.15. The molecule has 0 aliphatic rings. The van der Waals surface area contributed by atoms with Crippen molar-refractivity contribution in [2.75, 3.05) is 13.2 Å². The summed E-state index contributed by atoms with van der Waals surface area (Å²) in [7, 11) is 0. The molecule has 0 unspecified atom stereocenters. The van der Waals surface area contributed by atoms with Crippen LogP contribution in [0.25, 0.3) is 0 Å². The van der Waals surface area contributed by atoms with Crippen molar-refractivity contribution in [3.05, 3.63) is 64.4 Å². The lowest BCUT2D eigenvalue weighted by molar-refractivity contribution is 0.283. The number of nitrogens with one attached hydrogen (secondary N) is 1. The van der Waals surface area contributed by atoms with E-state index in [1.807, 2.05) is 24.3 Å². The largest absolute Gasteiger partial charge is 0.488 e.